The lowest BCUT2D eigenvalue weighted by atomic mass is 10.1. The van der Waals surface area contributed by atoms with Gasteiger partial charge in [-0.05, 0) is 39.7 Å². The number of hydrogen-bond acceptors (Lipinski definition) is 3. The van der Waals surface area contributed by atoms with Gasteiger partial charge < -0.3 is 10.3 Å². The summed E-state index contributed by atoms with van der Waals surface area (Å²) >= 11 is 0. The Kier molecular flexibility index (Phi) is 5.08. The number of nitrogens with zero attached hydrogens (tertiary/aromatic N) is 3. The number of aryl methyl sites for hydroxylation is 3. The standard InChI is InChI=1S/C16H25N5O2/c1-10-12(3)21(16(23)18-10)9-7-15(22)17-8-6-14-11(2)19-20(5)13(14)4/h6-9H2,1-5H3,(H,17,22)(H,18,23). The van der Waals surface area contributed by atoms with Crippen LogP contribution < -0.4 is 11.0 Å². The number of rotatable bonds is 6. The van der Waals surface area contributed by atoms with Gasteiger partial charge in [-0.25, -0.2) is 4.79 Å². The van der Waals surface area contributed by atoms with Crippen molar-refractivity contribution in [1.82, 2.24) is 24.6 Å². The number of imidazole rings is 1. The Bertz CT molecular complexity index is 766. The SMILES string of the molecule is Cc1nn(C)c(C)c1CCNC(=O)CCn1c(C)c(C)[nH]c1=O. The highest BCUT2D eigenvalue weighted by Gasteiger charge is 2.11. The molecule has 0 saturated carbocycles. The fourth-order valence-corrected chi connectivity index (χ4v) is 2.75. The quantitative estimate of drug-likeness (QED) is 0.829. The van der Waals surface area contributed by atoms with Crippen LogP contribution in [-0.4, -0.2) is 31.8 Å². The zero-order valence-corrected chi connectivity index (χ0v) is 14.5. The van der Waals surface area contributed by atoms with Crippen molar-refractivity contribution in [3.8, 4) is 0 Å². The zero-order chi connectivity index (χ0) is 17.1. The smallest absolute Gasteiger partial charge is 0.325 e. The molecular formula is C16H25N5O2. The molecule has 7 heteroatoms. The maximum Gasteiger partial charge on any atom is 0.325 e. The van der Waals surface area contributed by atoms with Crippen molar-refractivity contribution in [3.63, 3.8) is 0 Å². The molecule has 0 atom stereocenters. The third-order valence-corrected chi connectivity index (χ3v) is 4.41. The molecule has 0 aliphatic rings. The molecule has 23 heavy (non-hydrogen) atoms. The largest absolute Gasteiger partial charge is 0.356 e. The van der Waals surface area contributed by atoms with Crippen LogP contribution in [0.15, 0.2) is 4.79 Å². The second-order valence-corrected chi connectivity index (χ2v) is 5.92. The Balaban J connectivity index is 1.83. The summed E-state index contributed by atoms with van der Waals surface area (Å²) in [4.78, 5) is 26.4. The Morgan fingerprint density at radius 1 is 1.22 bits per heavy atom. The minimum atomic E-state index is -0.158. The predicted octanol–water partition coefficient (Wildman–Crippen LogP) is 0.893. The first kappa shape index (κ1) is 17.1. The minimum Gasteiger partial charge on any atom is -0.356 e. The Morgan fingerprint density at radius 3 is 2.43 bits per heavy atom. The van der Waals surface area contributed by atoms with E-state index in [1.165, 1.54) is 5.56 Å². The molecule has 0 radical (unpaired) electrons. The number of amides is 1. The van der Waals surface area contributed by atoms with Crippen molar-refractivity contribution >= 4 is 5.91 Å². The molecule has 0 aromatic carbocycles. The molecule has 2 N–H and O–H groups in total. The second-order valence-electron chi connectivity index (χ2n) is 5.92. The molecule has 1 amide bonds. The minimum absolute atomic E-state index is 0.0469. The van der Waals surface area contributed by atoms with Gasteiger partial charge in [0.2, 0.25) is 5.91 Å². The number of H-pyrrole nitrogens is 1. The van der Waals surface area contributed by atoms with Crippen LogP contribution >= 0.6 is 0 Å². The van der Waals surface area contributed by atoms with Crippen LogP contribution in [0, 0.1) is 27.7 Å². The molecule has 0 unspecified atom stereocenters. The molecule has 0 saturated heterocycles. The number of aromatic amines is 1. The van der Waals surface area contributed by atoms with E-state index in [0.29, 0.717) is 19.5 Å². The summed E-state index contributed by atoms with van der Waals surface area (Å²) in [5, 5.41) is 7.28. The summed E-state index contributed by atoms with van der Waals surface area (Å²) in [7, 11) is 1.92. The third kappa shape index (κ3) is 3.72. The fraction of sp³-hybridized carbons (Fsp3) is 0.562. The van der Waals surface area contributed by atoms with E-state index in [9.17, 15) is 9.59 Å². The first-order valence-corrected chi connectivity index (χ1v) is 7.83. The predicted molar refractivity (Wildman–Crippen MR) is 88.5 cm³/mol. The van der Waals surface area contributed by atoms with E-state index < -0.39 is 0 Å². The van der Waals surface area contributed by atoms with Gasteiger partial charge in [0.15, 0.2) is 0 Å². The fourth-order valence-electron chi connectivity index (χ4n) is 2.75. The summed E-state index contributed by atoms with van der Waals surface area (Å²) in [5.41, 5.74) is 4.88. The third-order valence-electron chi connectivity index (χ3n) is 4.41. The highest BCUT2D eigenvalue weighted by molar-refractivity contribution is 5.75. The van der Waals surface area contributed by atoms with Gasteiger partial charge in [0.05, 0.1) is 5.69 Å². The lowest BCUT2D eigenvalue weighted by molar-refractivity contribution is -0.121. The van der Waals surface area contributed by atoms with Gasteiger partial charge >= 0.3 is 5.69 Å². The summed E-state index contributed by atoms with van der Waals surface area (Å²) < 4.78 is 3.46. The first-order valence-electron chi connectivity index (χ1n) is 7.83. The average molecular weight is 319 g/mol. The van der Waals surface area contributed by atoms with Crippen LogP contribution in [0.4, 0.5) is 0 Å². The van der Waals surface area contributed by atoms with Crippen molar-refractivity contribution < 1.29 is 4.79 Å². The van der Waals surface area contributed by atoms with E-state index in [-0.39, 0.29) is 11.6 Å². The van der Waals surface area contributed by atoms with Crippen molar-refractivity contribution in [2.45, 2.75) is 47.1 Å². The average Bonchev–Trinajstić information content (AvgIpc) is 2.87. The second kappa shape index (κ2) is 6.85. The van der Waals surface area contributed by atoms with Gasteiger partial charge in [-0.2, -0.15) is 5.10 Å². The molecule has 2 heterocycles. The van der Waals surface area contributed by atoms with Crippen LogP contribution in [0.25, 0.3) is 0 Å². The van der Waals surface area contributed by atoms with Gasteiger partial charge in [0.1, 0.15) is 0 Å². The van der Waals surface area contributed by atoms with Crippen molar-refractivity contribution in [3.05, 3.63) is 38.8 Å². The van der Waals surface area contributed by atoms with Crippen LogP contribution in [0.5, 0.6) is 0 Å². The van der Waals surface area contributed by atoms with E-state index >= 15 is 0 Å². The molecule has 0 spiro atoms. The van der Waals surface area contributed by atoms with Crippen molar-refractivity contribution in [2.24, 2.45) is 7.05 Å². The molecule has 0 aliphatic carbocycles. The highest BCUT2D eigenvalue weighted by Crippen LogP contribution is 2.11. The maximum atomic E-state index is 12.0. The first-order chi connectivity index (χ1) is 10.8. The molecule has 0 aliphatic heterocycles. The van der Waals surface area contributed by atoms with Gasteiger partial charge in [-0.1, -0.05) is 0 Å². The number of carbonyl (C=O) groups excluding carboxylic acids is 1. The number of carbonyl (C=O) groups is 1. The van der Waals surface area contributed by atoms with E-state index in [1.807, 2.05) is 39.4 Å². The monoisotopic (exact) mass is 319 g/mol. The Hall–Kier alpha value is -2.31. The molecule has 7 nitrogen and oxygen atoms in total. The maximum absolute atomic E-state index is 12.0. The number of hydrogen-bond donors (Lipinski definition) is 2. The summed E-state index contributed by atoms with van der Waals surface area (Å²) in [5.74, 6) is -0.0469. The lowest BCUT2D eigenvalue weighted by Gasteiger charge is -2.07. The van der Waals surface area contributed by atoms with Crippen LogP contribution in [0.1, 0.15) is 34.8 Å². The van der Waals surface area contributed by atoms with Crippen LogP contribution in [0.3, 0.4) is 0 Å². The molecule has 2 aromatic heterocycles. The van der Waals surface area contributed by atoms with E-state index in [1.54, 1.807) is 4.57 Å². The number of nitrogens with one attached hydrogen (secondary N) is 2. The molecule has 0 bridgehead atoms. The van der Waals surface area contributed by atoms with Crippen molar-refractivity contribution in [1.29, 1.82) is 0 Å². The molecule has 0 fully saturated rings. The van der Waals surface area contributed by atoms with E-state index in [2.05, 4.69) is 15.4 Å². The lowest BCUT2D eigenvalue weighted by Crippen LogP contribution is -2.28. The summed E-state index contributed by atoms with van der Waals surface area (Å²) in [6, 6.07) is 0. The number of aromatic nitrogens is 4. The summed E-state index contributed by atoms with van der Waals surface area (Å²) in [6.45, 7) is 8.71. The molecule has 2 rings (SSSR count). The zero-order valence-electron chi connectivity index (χ0n) is 14.5. The Labute approximate surface area is 135 Å². The van der Waals surface area contributed by atoms with E-state index in [4.69, 9.17) is 0 Å². The molecule has 126 valence electrons. The Morgan fingerprint density at radius 2 is 1.91 bits per heavy atom. The van der Waals surface area contributed by atoms with Crippen molar-refractivity contribution in [2.75, 3.05) is 6.54 Å². The van der Waals surface area contributed by atoms with Gasteiger partial charge in [-0.3, -0.25) is 14.0 Å². The highest BCUT2D eigenvalue weighted by atomic mass is 16.2. The van der Waals surface area contributed by atoms with Gasteiger partial charge in [-0.15, -0.1) is 0 Å². The topological polar surface area (TPSA) is 84.7 Å². The molecular weight excluding hydrogens is 294 g/mol. The van der Waals surface area contributed by atoms with Gasteiger partial charge in [0.25, 0.3) is 0 Å². The van der Waals surface area contributed by atoms with E-state index in [0.717, 1.165) is 29.2 Å². The van der Waals surface area contributed by atoms with Crippen LogP contribution in [0.2, 0.25) is 0 Å². The normalized spacial score (nSPS) is 11.0. The van der Waals surface area contributed by atoms with Crippen LogP contribution in [-0.2, 0) is 24.8 Å². The van der Waals surface area contributed by atoms with Gasteiger partial charge in [0, 0.05) is 43.6 Å². The molecule has 2 aromatic rings. The summed E-state index contributed by atoms with van der Waals surface area (Å²) in [6.07, 6.45) is 1.06.